The Morgan fingerprint density at radius 2 is 1.87 bits per heavy atom. The van der Waals surface area contributed by atoms with Gasteiger partial charge >= 0.3 is 0 Å². The van der Waals surface area contributed by atoms with Gasteiger partial charge in [0.2, 0.25) is 0 Å². The van der Waals surface area contributed by atoms with E-state index in [9.17, 15) is 25.2 Å². The van der Waals surface area contributed by atoms with Crippen molar-refractivity contribution in [3.05, 3.63) is 64.8 Å². The molecular formula is C25H28O6. The van der Waals surface area contributed by atoms with Crippen LogP contribution in [0.3, 0.4) is 0 Å². The van der Waals surface area contributed by atoms with E-state index in [0.717, 1.165) is 11.1 Å². The first kappa shape index (κ1) is 22.3. The Morgan fingerprint density at radius 1 is 1.16 bits per heavy atom. The van der Waals surface area contributed by atoms with Gasteiger partial charge in [-0.15, -0.1) is 0 Å². The van der Waals surface area contributed by atoms with Gasteiger partial charge in [0, 0.05) is 23.3 Å². The third-order valence-electron chi connectivity index (χ3n) is 5.58. The quantitative estimate of drug-likeness (QED) is 0.468. The molecule has 6 heteroatoms. The summed E-state index contributed by atoms with van der Waals surface area (Å²) in [6.45, 7) is 9.93. The highest BCUT2D eigenvalue weighted by Crippen LogP contribution is 2.46. The Labute approximate surface area is 181 Å². The van der Waals surface area contributed by atoms with E-state index in [2.05, 4.69) is 12.7 Å². The van der Waals surface area contributed by atoms with Crippen LogP contribution in [-0.2, 0) is 6.42 Å². The molecule has 2 atom stereocenters. The number of ketones is 1. The Bertz CT molecular complexity index is 1060. The SMILES string of the molecule is C=C(C)C(CC=C(C)C)Cc1c(O)cc2c(c1O)C(=O)CC(c1ccc(O)cc1O)O2. The summed E-state index contributed by atoms with van der Waals surface area (Å²) in [6.07, 6.45) is 2.23. The van der Waals surface area contributed by atoms with Gasteiger partial charge in [-0.05, 0) is 51.7 Å². The summed E-state index contributed by atoms with van der Waals surface area (Å²) in [4.78, 5) is 12.9. The van der Waals surface area contributed by atoms with Crippen LogP contribution in [0.5, 0.6) is 28.7 Å². The summed E-state index contributed by atoms with van der Waals surface area (Å²) in [5, 5.41) is 41.1. The molecule has 2 aromatic rings. The smallest absolute Gasteiger partial charge is 0.174 e. The summed E-state index contributed by atoms with van der Waals surface area (Å²) in [7, 11) is 0. The summed E-state index contributed by atoms with van der Waals surface area (Å²) >= 11 is 0. The number of ether oxygens (including phenoxy) is 1. The molecule has 2 unspecified atom stereocenters. The summed E-state index contributed by atoms with van der Waals surface area (Å²) < 4.78 is 5.85. The summed E-state index contributed by atoms with van der Waals surface area (Å²) in [6, 6.07) is 5.37. The fourth-order valence-electron chi connectivity index (χ4n) is 3.76. The van der Waals surface area contributed by atoms with Gasteiger partial charge in [-0.25, -0.2) is 0 Å². The summed E-state index contributed by atoms with van der Waals surface area (Å²) in [5.74, 6) is -1.05. The third-order valence-corrected chi connectivity index (χ3v) is 5.58. The highest BCUT2D eigenvalue weighted by molar-refractivity contribution is 6.03. The lowest BCUT2D eigenvalue weighted by atomic mass is 9.86. The van der Waals surface area contributed by atoms with Gasteiger partial charge < -0.3 is 25.2 Å². The monoisotopic (exact) mass is 424 g/mol. The first-order chi connectivity index (χ1) is 14.6. The molecule has 1 aliphatic heterocycles. The standard InChI is InChI=1S/C25H28O6/c1-13(2)5-6-15(14(3)4)9-18-20(28)11-23-24(25(18)30)21(29)12-22(31-23)17-8-7-16(26)10-19(17)27/h5,7-8,10-11,15,22,26-28,30H,3,6,9,12H2,1-2,4H3. The van der Waals surface area contributed by atoms with Crippen LogP contribution in [0.15, 0.2) is 48.1 Å². The number of phenols is 4. The van der Waals surface area contributed by atoms with E-state index in [0.29, 0.717) is 18.4 Å². The number of Topliss-reactive ketones (excluding diaryl/α,β-unsaturated/α-hetero) is 1. The lowest BCUT2D eigenvalue weighted by molar-refractivity contribution is 0.0841. The summed E-state index contributed by atoms with van der Waals surface area (Å²) in [5.41, 5.74) is 2.74. The molecule has 0 radical (unpaired) electrons. The van der Waals surface area contributed by atoms with Gasteiger partial charge in [-0.1, -0.05) is 23.8 Å². The molecule has 0 aliphatic carbocycles. The predicted octanol–water partition coefficient (Wildman–Crippen LogP) is 5.31. The van der Waals surface area contributed by atoms with Crippen LogP contribution in [0, 0.1) is 5.92 Å². The van der Waals surface area contributed by atoms with Crippen LogP contribution < -0.4 is 4.74 Å². The van der Waals surface area contributed by atoms with Crippen molar-refractivity contribution in [1.29, 1.82) is 0 Å². The molecule has 4 N–H and O–H groups in total. The van der Waals surface area contributed by atoms with Crippen LogP contribution in [-0.4, -0.2) is 26.2 Å². The number of hydrogen-bond acceptors (Lipinski definition) is 6. The number of benzene rings is 2. The third kappa shape index (κ3) is 4.68. The van der Waals surface area contributed by atoms with Gasteiger partial charge in [-0.3, -0.25) is 4.79 Å². The predicted molar refractivity (Wildman–Crippen MR) is 118 cm³/mol. The van der Waals surface area contributed by atoms with E-state index in [1.54, 1.807) is 0 Å². The molecule has 0 spiro atoms. The second kappa shape index (κ2) is 8.76. The fraction of sp³-hybridized carbons (Fsp3) is 0.320. The van der Waals surface area contributed by atoms with E-state index in [-0.39, 0.29) is 58.0 Å². The first-order valence-electron chi connectivity index (χ1n) is 10.2. The number of carbonyl (C=O) groups is 1. The normalized spacial score (nSPS) is 16.2. The minimum atomic E-state index is -0.800. The van der Waals surface area contributed by atoms with Gasteiger partial charge in [0.05, 0.1) is 6.42 Å². The zero-order valence-corrected chi connectivity index (χ0v) is 18.0. The molecule has 6 nitrogen and oxygen atoms in total. The van der Waals surface area contributed by atoms with E-state index < -0.39 is 6.10 Å². The van der Waals surface area contributed by atoms with E-state index in [1.807, 2.05) is 20.8 Å². The molecule has 2 aromatic carbocycles. The Hall–Kier alpha value is -3.41. The van der Waals surface area contributed by atoms with Crippen molar-refractivity contribution in [2.24, 2.45) is 5.92 Å². The van der Waals surface area contributed by atoms with Crippen molar-refractivity contribution in [1.82, 2.24) is 0 Å². The molecule has 3 rings (SSSR count). The van der Waals surface area contributed by atoms with Crippen molar-refractivity contribution in [3.8, 4) is 28.7 Å². The lowest BCUT2D eigenvalue weighted by Gasteiger charge is -2.28. The number of phenolic OH excluding ortho intramolecular Hbond substituents is 4. The maximum Gasteiger partial charge on any atom is 0.174 e. The molecule has 0 fully saturated rings. The van der Waals surface area contributed by atoms with E-state index in [4.69, 9.17) is 4.74 Å². The molecular weight excluding hydrogens is 396 g/mol. The minimum Gasteiger partial charge on any atom is -0.508 e. The number of hydrogen-bond donors (Lipinski definition) is 4. The molecule has 1 heterocycles. The van der Waals surface area contributed by atoms with E-state index in [1.165, 1.54) is 24.3 Å². The molecule has 0 saturated carbocycles. The highest BCUT2D eigenvalue weighted by Gasteiger charge is 2.34. The number of fused-ring (bicyclic) bond motifs is 1. The van der Waals surface area contributed by atoms with Gasteiger partial charge in [-0.2, -0.15) is 0 Å². The van der Waals surface area contributed by atoms with E-state index >= 15 is 0 Å². The minimum absolute atomic E-state index is 0.00828. The molecule has 31 heavy (non-hydrogen) atoms. The Balaban J connectivity index is 1.95. The molecule has 0 saturated heterocycles. The first-order valence-corrected chi connectivity index (χ1v) is 10.2. The van der Waals surface area contributed by atoms with Crippen molar-refractivity contribution in [2.45, 2.75) is 46.1 Å². The topological polar surface area (TPSA) is 107 Å². The number of carbonyl (C=O) groups excluding carboxylic acids is 1. The lowest BCUT2D eigenvalue weighted by Crippen LogP contribution is -2.21. The zero-order valence-electron chi connectivity index (χ0n) is 18.0. The zero-order chi connectivity index (χ0) is 22.9. The maximum atomic E-state index is 12.9. The van der Waals surface area contributed by atoms with Crippen LogP contribution in [0.4, 0.5) is 0 Å². The molecule has 0 aromatic heterocycles. The van der Waals surface area contributed by atoms with Crippen molar-refractivity contribution < 1.29 is 30.0 Å². The van der Waals surface area contributed by atoms with Crippen LogP contribution >= 0.6 is 0 Å². The second-order valence-electron chi connectivity index (χ2n) is 8.34. The molecule has 1 aliphatic rings. The number of allylic oxidation sites excluding steroid dienone is 3. The average molecular weight is 424 g/mol. The molecule has 0 amide bonds. The van der Waals surface area contributed by atoms with Crippen LogP contribution in [0.2, 0.25) is 0 Å². The van der Waals surface area contributed by atoms with Crippen LogP contribution in [0.25, 0.3) is 0 Å². The van der Waals surface area contributed by atoms with Gasteiger partial charge in [0.25, 0.3) is 0 Å². The Kier molecular flexibility index (Phi) is 6.29. The second-order valence-corrected chi connectivity index (χ2v) is 8.34. The molecule has 164 valence electrons. The Morgan fingerprint density at radius 3 is 2.48 bits per heavy atom. The van der Waals surface area contributed by atoms with Gasteiger partial charge in [0.1, 0.15) is 40.4 Å². The number of rotatable bonds is 6. The van der Waals surface area contributed by atoms with Crippen molar-refractivity contribution in [3.63, 3.8) is 0 Å². The van der Waals surface area contributed by atoms with Crippen molar-refractivity contribution in [2.75, 3.05) is 0 Å². The largest absolute Gasteiger partial charge is 0.508 e. The number of aromatic hydroxyl groups is 4. The fourth-order valence-corrected chi connectivity index (χ4v) is 3.76. The molecule has 0 bridgehead atoms. The van der Waals surface area contributed by atoms with Crippen molar-refractivity contribution >= 4 is 5.78 Å². The van der Waals surface area contributed by atoms with Crippen LogP contribution in [0.1, 0.15) is 61.2 Å². The maximum absolute atomic E-state index is 12.9. The average Bonchev–Trinajstić information content (AvgIpc) is 2.66. The highest BCUT2D eigenvalue weighted by atomic mass is 16.5. The van der Waals surface area contributed by atoms with Gasteiger partial charge in [0.15, 0.2) is 5.78 Å².